The maximum atomic E-state index is 13.7. The molecule has 0 bridgehead atoms. The predicted octanol–water partition coefficient (Wildman–Crippen LogP) is 2.72. The number of esters is 1. The van der Waals surface area contributed by atoms with E-state index in [1.807, 2.05) is 12.1 Å². The number of nitriles is 1. The average molecular weight is 520 g/mol. The number of thiazole rings is 1. The lowest BCUT2D eigenvalue weighted by atomic mass is 9.95. The third-order valence-corrected chi connectivity index (χ3v) is 6.68. The maximum Gasteiger partial charge on any atom is 0.338 e. The van der Waals surface area contributed by atoms with Crippen LogP contribution in [-0.4, -0.2) is 38.0 Å². The van der Waals surface area contributed by atoms with E-state index in [0.29, 0.717) is 37.8 Å². The van der Waals surface area contributed by atoms with Crippen LogP contribution in [0.15, 0.2) is 63.5 Å². The lowest BCUT2D eigenvalue weighted by molar-refractivity contribution is -0.139. The summed E-state index contributed by atoms with van der Waals surface area (Å²) >= 11 is 1.22. The van der Waals surface area contributed by atoms with E-state index in [1.54, 1.807) is 56.3 Å². The largest absolute Gasteiger partial charge is 0.493 e. The number of aromatic nitrogens is 1. The Hall–Kier alpha value is -4.36. The van der Waals surface area contributed by atoms with Crippen molar-refractivity contribution in [3.63, 3.8) is 0 Å². The van der Waals surface area contributed by atoms with E-state index in [-0.39, 0.29) is 24.3 Å². The molecule has 0 saturated heterocycles. The molecule has 0 fully saturated rings. The minimum absolute atomic E-state index is 0.0765. The molecule has 0 saturated carbocycles. The summed E-state index contributed by atoms with van der Waals surface area (Å²) in [6, 6.07) is 13.5. The van der Waals surface area contributed by atoms with Gasteiger partial charge in [0, 0.05) is 0 Å². The molecule has 0 aliphatic carbocycles. The molecule has 3 aromatic rings. The summed E-state index contributed by atoms with van der Waals surface area (Å²) in [5.41, 5.74) is 1.82. The molecule has 0 radical (unpaired) electrons. The maximum absolute atomic E-state index is 13.7. The monoisotopic (exact) mass is 519 g/mol. The molecule has 1 aliphatic rings. The zero-order valence-electron chi connectivity index (χ0n) is 20.8. The Morgan fingerprint density at radius 1 is 1.19 bits per heavy atom. The van der Waals surface area contributed by atoms with Gasteiger partial charge in [-0.3, -0.25) is 9.36 Å². The number of ether oxygens (including phenoxy) is 4. The molecule has 2 heterocycles. The summed E-state index contributed by atoms with van der Waals surface area (Å²) in [6.07, 6.45) is 1.73. The Labute approximate surface area is 217 Å². The van der Waals surface area contributed by atoms with Crippen molar-refractivity contribution >= 4 is 23.4 Å². The van der Waals surface area contributed by atoms with Crippen LogP contribution >= 0.6 is 11.3 Å². The van der Waals surface area contributed by atoms with Gasteiger partial charge in [0.1, 0.15) is 11.8 Å². The first-order chi connectivity index (χ1) is 17.9. The Balaban J connectivity index is 1.91. The third kappa shape index (κ3) is 5.13. The van der Waals surface area contributed by atoms with E-state index in [0.717, 1.165) is 5.56 Å². The number of methoxy groups -OCH3 is 2. The molecule has 190 valence electrons. The van der Waals surface area contributed by atoms with E-state index in [2.05, 4.69) is 4.99 Å². The van der Waals surface area contributed by atoms with Gasteiger partial charge in [-0.25, -0.2) is 9.79 Å². The highest BCUT2D eigenvalue weighted by molar-refractivity contribution is 7.07. The summed E-state index contributed by atoms with van der Waals surface area (Å²) in [5, 5.41) is 8.77. The van der Waals surface area contributed by atoms with Gasteiger partial charge in [0.2, 0.25) is 0 Å². The van der Waals surface area contributed by atoms with E-state index in [9.17, 15) is 9.59 Å². The van der Waals surface area contributed by atoms with Crippen molar-refractivity contribution in [3.05, 3.63) is 84.5 Å². The van der Waals surface area contributed by atoms with Crippen LogP contribution in [-0.2, 0) is 9.53 Å². The Morgan fingerprint density at radius 3 is 2.68 bits per heavy atom. The van der Waals surface area contributed by atoms with Gasteiger partial charge in [-0.2, -0.15) is 5.26 Å². The van der Waals surface area contributed by atoms with Gasteiger partial charge in [-0.1, -0.05) is 29.5 Å². The highest BCUT2D eigenvalue weighted by atomic mass is 32.1. The van der Waals surface area contributed by atoms with Gasteiger partial charge in [0.15, 0.2) is 22.9 Å². The van der Waals surface area contributed by atoms with Crippen molar-refractivity contribution < 1.29 is 23.7 Å². The smallest absolute Gasteiger partial charge is 0.338 e. The van der Waals surface area contributed by atoms with Crippen molar-refractivity contribution in [1.82, 2.24) is 4.57 Å². The van der Waals surface area contributed by atoms with E-state index in [1.165, 1.54) is 30.1 Å². The number of hydrogen-bond donors (Lipinski definition) is 0. The molecule has 9 nitrogen and oxygen atoms in total. The number of rotatable bonds is 8. The fourth-order valence-electron chi connectivity index (χ4n) is 4.09. The van der Waals surface area contributed by atoms with Gasteiger partial charge >= 0.3 is 5.97 Å². The molecule has 0 spiro atoms. The van der Waals surface area contributed by atoms with E-state index >= 15 is 0 Å². The van der Waals surface area contributed by atoms with Crippen molar-refractivity contribution in [1.29, 1.82) is 5.26 Å². The van der Waals surface area contributed by atoms with Crippen molar-refractivity contribution in [2.75, 3.05) is 27.4 Å². The van der Waals surface area contributed by atoms with Crippen LogP contribution in [0.1, 0.15) is 31.0 Å². The van der Waals surface area contributed by atoms with Crippen LogP contribution in [0.3, 0.4) is 0 Å². The van der Waals surface area contributed by atoms with E-state index in [4.69, 9.17) is 24.2 Å². The number of carbonyl (C=O) groups is 1. The second kappa shape index (κ2) is 11.1. The quantitative estimate of drug-likeness (QED) is 0.421. The van der Waals surface area contributed by atoms with Crippen LogP contribution < -0.4 is 29.1 Å². The predicted molar refractivity (Wildman–Crippen MR) is 137 cm³/mol. The summed E-state index contributed by atoms with van der Waals surface area (Å²) < 4.78 is 23.5. The number of fused-ring (bicyclic) bond motifs is 1. The van der Waals surface area contributed by atoms with Crippen molar-refractivity contribution in [3.8, 4) is 23.3 Å². The van der Waals surface area contributed by atoms with Crippen LogP contribution in [0, 0.1) is 11.3 Å². The average Bonchev–Trinajstić information content (AvgIpc) is 3.20. The highest BCUT2D eigenvalue weighted by Crippen LogP contribution is 2.36. The molecule has 10 heteroatoms. The summed E-state index contributed by atoms with van der Waals surface area (Å²) in [5.74, 6) is 0.969. The Bertz CT molecular complexity index is 1600. The van der Waals surface area contributed by atoms with Crippen molar-refractivity contribution in [2.24, 2.45) is 4.99 Å². The van der Waals surface area contributed by atoms with Crippen molar-refractivity contribution in [2.45, 2.75) is 19.9 Å². The molecule has 4 rings (SSSR count). The lowest BCUT2D eigenvalue weighted by Crippen LogP contribution is -2.39. The van der Waals surface area contributed by atoms with Gasteiger partial charge < -0.3 is 18.9 Å². The summed E-state index contributed by atoms with van der Waals surface area (Å²) in [7, 11) is 3.06. The molecule has 1 aliphatic heterocycles. The molecular formula is C27H25N3O6S. The minimum atomic E-state index is -0.775. The topological polar surface area (TPSA) is 112 Å². The molecule has 1 aromatic heterocycles. The Kier molecular flexibility index (Phi) is 7.74. The normalized spacial score (nSPS) is 14.9. The van der Waals surface area contributed by atoms with Crippen LogP contribution in [0.2, 0.25) is 0 Å². The lowest BCUT2D eigenvalue weighted by Gasteiger charge is -2.25. The molecule has 37 heavy (non-hydrogen) atoms. The first kappa shape index (κ1) is 25.7. The molecule has 0 amide bonds. The zero-order valence-corrected chi connectivity index (χ0v) is 21.6. The molecule has 2 aromatic carbocycles. The standard InChI is InChI=1S/C27H25N3O6S/c1-5-35-26(32)23-16(2)29-27-30(24(23)18-9-10-20(33-3)21(15-18)34-4)25(31)22(37-27)14-17-7-6-8-19(13-17)36-12-11-28/h6-10,13-15,24H,5,12H2,1-4H3/b22-14-/t24-/m1/s1. The van der Waals surface area contributed by atoms with Crippen LogP contribution in [0.25, 0.3) is 6.08 Å². The van der Waals surface area contributed by atoms with Gasteiger partial charge in [-0.05, 0) is 55.3 Å². The first-order valence-corrected chi connectivity index (χ1v) is 12.2. The second-order valence-corrected chi connectivity index (χ2v) is 8.95. The van der Waals surface area contributed by atoms with E-state index < -0.39 is 12.0 Å². The number of nitrogens with zero attached hydrogens (tertiary/aromatic N) is 3. The van der Waals surface area contributed by atoms with Gasteiger partial charge in [0.05, 0.1) is 42.7 Å². The minimum Gasteiger partial charge on any atom is -0.493 e. The molecule has 0 N–H and O–H groups in total. The summed E-state index contributed by atoms with van der Waals surface area (Å²) in [6.45, 7) is 3.56. The third-order valence-electron chi connectivity index (χ3n) is 5.70. The van der Waals surface area contributed by atoms with Crippen LogP contribution in [0.5, 0.6) is 17.2 Å². The fraction of sp³-hybridized carbons (Fsp3) is 0.259. The highest BCUT2D eigenvalue weighted by Gasteiger charge is 2.33. The van der Waals surface area contributed by atoms with Gasteiger partial charge in [0.25, 0.3) is 5.56 Å². The number of carbonyl (C=O) groups excluding carboxylic acids is 1. The molecular weight excluding hydrogens is 494 g/mol. The summed E-state index contributed by atoms with van der Waals surface area (Å²) in [4.78, 5) is 31.9. The second-order valence-electron chi connectivity index (χ2n) is 7.94. The number of benzene rings is 2. The molecule has 0 unspecified atom stereocenters. The zero-order chi connectivity index (χ0) is 26.5. The number of allylic oxidation sites excluding steroid dienone is 1. The molecule has 1 atom stereocenters. The van der Waals surface area contributed by atoms with Gasteiger partial charge in [-0.15, -0.1) is 0 Å². The SMILES string of the molecule is CCOC(=O)C1=C(C)N=c2s/c(=C\c3cccc(OCC#N)c3)c(=O)n2[C@@H]1c1ccc(OC)c(OC)c1. The fourth-order valence-corrected chi connectivity index (χ4v) is 5.14. The Morgan fingerprint density at radius 2 is 1.97 bits per heavy atom. The first-order valence-electron chi connectivity index (χ1n) is 11.4. The number of hydrogen-bond acceptors (Lipinski definition) is 9. The van der Waals surface area contributed by atoms with Crippen LogP contribution in [0.4, 0.5) is 0 Å².